The lowest BCUT2D eigenvalue weighted by Gasteiger charge is -2.18. The number of nitrogens with two attached hydrogens (primary N) is 1. The predicted octanol–water partition coefficient (Wildman–Crippen LogP) is 3.13. The monoisotopic (exact) mass is 445 g/mol. The van der Waals surface area contributed by atoms with Crippen molar-refractivity contribution in [3.8, 4) is 11.6 Å². The molecular weight excluding hydrogens is 428 g/mol. The molecule has 0 saturated carbocycles. The summed E-state index contributed by atoms with van der Waals surface area (Å²) in [5.74, 6) is -0.838. The number of halogens is 3. The van der Waals surface area contributed by atoms with E-state index in [9.17, 15) is 13.6 Å². The minimum atomic E-state index is -0.840. The second-order valence-corrected chi connectivity index (χ2v) is 6.63. The van der Waals surface area contributed by atoms with Gasteiger partial charge in [0.2, 0.25) is 5.88 Å². The Kier molecular flexibility index (Phi) is 6.57. The van der Waals surface area contributed by atoms with E-state index in [1.807, 2.05) is 0 Å². The molecule has 0 spiro atoms. The average Bonchev–Trinajstić information content (AvgIpc) is 2.73. The molecule has 0 fully saturated rings. The van der Waals surface area contributed by atoms with Gasteiger partial charge in [-0.25, -0.2) is 23.7 Å². The highest BCUT2D eigenvalue weighted by molar-refractivity contribution is 5.85. The molecule has 10 heteroatoms. The third-order valence-electron chi connectivity index (χ3n) is 4.57. The summed E-state index contributed by atoms with van der Waals surface area (Å²) in [6, 6.07) is 8.83. The normalized spacial score (nSPS) is 11.7. The zero-order chi connectivity index (χ0) is 21.3. The maximum absolute atomic E-state index is 13.6. The summed E-state index contributed by atoms with van der Waals surface area (Å²) in [5, 5.41) is 0.307. The van der Waals surface area contributed by atoms with Gasteiger partial charge in [-0.1, -0.05) is 0 Å². The van der Waals surface area contributed by atoms with Crippen molar-refractivity contribution in [3.63, 3.8) is 0 Å². The van der Waals surface area contributed by atoms with Crippen molar-refractivity contribution in [1.29, 1.82) is 0 Å². The van der Waals surface area contributed by atoms with Gasteiger partial charge in [0.25, 0.3) is 5.56 Å². The Bertz CT molecular complexity index is 1260. The molecule has 31 heavy (non-hydrogen) atoms. The minimum absolute atomic E-state index is 0. The van der Waals surface area contributed by atoms with Crippen molar-refractivity contribution >= 4 is 23.4 Å². The van der Waals surface area contributed by atoms with Gasteiger partial charge in [-0.05, 0) is 42.3 Å². The van der Waals surface area contributed by atoms with E-state index in [0.717, 1.165) is 6.07 Å². The van der Waals surface area contributed by atoms with E-state index in [-0.39, 0.29) is 35.9 Å². The summed E-state index contributed by atoms with van der Waals surface area (Å²) in [4.78, 5) is 26.0. The lowest BCUT2D eigenvalue weighted by Crippen LogP contribution is -2.29. The zero-order valence-electron chi connectivity index (χ0n) is 16.3. The Labute approximate surface area is 182 Å². The van der Waals surface area contributed by atoms with Crippen molar-refractivity contribution in [3.05, 3.63) is 88.2 Å². The maximum Gasteiger partial charge on any atom is 0.267 e. The number of nitrogens with zero attached hydrogens (tertiary/aromatic N) is 4. The molecular formula is C21H18ClF2N5O2. The fourth-order valence-electron chi connectivity index (χ4n) is 3.23. The van der Waals surface area contributed by atoms with Crippen LogP contribution in [0.4, 0.5) is 8.78 Å². The number of hydrogen-bond donors (Lipinski definition) is 1. The Balaban J connectivity index is 0.00000272. The fraction of sp³-hybridized carbons (Fsp3) is 0.143. The van der Waals surface area contributed by atoms with Crippen molar-refractivity contribution in [2.24, 2.45) is 5.73 Å². The molecule has 1 aromatic carbocycles. The van der Waals surface area contributed by atoms with Gasteiger partial charge >= 0.3 is 0 Å². The SMILES string of the molecule is COc1ccc(-n2c(C(N)Cc3cc(F)cc(F)c3)nc3ncccc3c2=O)cn1.Cl. The molecule has 0 bridgehead atoms. The van der Waals surface area contributed by atoms with Crippen LogP contribution in [0.5, 0.6) is 5.88 Å². The van der Waals surface area contributed by atoms with Crippen LogP contribution in [-0.4, -0.2) is 26.6 Å². The third kappa shape index (κ3) is 4.52. The number of rotatable bonds is 5. The smallest absolute Gasteiger partial charge is 0.267 e. The number of benzene rings is 1. The van der Waals surface area contributed by atoms with Crippen molar-refractivity contribution < 1.29 is 13.5 Å². The number of methoxy groups -OCH3 is 1. The van der Waals surface area contributed by atoms with Gasteiger partial charge in [-0.3, -0.25) is 9.36 Å². The van der Waals surface area contributed by atoms with Crippen LogP contribution in [-0.2, 0) is 6.42 Å². The Morgan fingerprint density at radius 3 is 2.52 bits per heavy atom. The van der Waals surface area contributed by atoms with Crippen molar-refractivity contribution in [1.82, 2.24) is 19.5 Å². The van der Waals surface area contributed by atoms with E-state index >= 15 is 0 Å². The molecule has 4 rings (SSSR count). The molecule has 3 heterocycles. The van der Waals surface area contributed by atoms with Gasteiger partial charge in [0, 0.05) is 18.3 Å². The summed E-state index contributed by atoms with van der Waals surface area (Å²) in [5.41, 5.74) is 6.96. The molecule has 3 aromatic heterocycles. The van der Waals surface area contributed by atoms with Crippen LogP contribution in [0, 0.1) is 11.6 Å². The van der Waals surface area contributed by atoms with Crippen molar-refractivity contribution in [2.75, 3.05) is 7.11 Å². The van der Waals surface area contributed by atoms with Crippen LogP contribution in [0.15, 0.2) is 59.7 Å². The van der Waals surface area contributed by atoms with Gasteiger partial charge in [0.05, 0.1) is 30.4 Å². The largest absolute Gasteiger partial charge is 0.481 e. The van der Waals surface area contributed by atoms with Crippen LogP contribution in [0.3, 0.4) is 0 Å². The first-order chi connectivity index (χ1) is 14.5. The molecule has 0 radical (unpaired) electrons. The predicted molar refractivity (Wildman–Crippen MR) is 114 cm³/mol. The fourth-order valence-corrected chi connectivity index (χ4v) is 3.23. The summed E-state index contributed by atoms with van der Waals surface area (Å²) in [6.45, 7) is 0. The van der Waals surface area contributed by atoms with Gasteiger partial charge in [-0.2, -0.15) is 0 Å². The van der Waals surface area contributed by atoms with Crippen LogP contribution in [0.25, 0.3) is 16.7 Å². The number of pyridine rings is 2. The Morgan fingerprint density at radius 1 is 1.13 bits per heavy atom. The Hall–Kier alpha value is -3.43. The summed E-state index contributed by atoms with van der Waals surface area (Å²) < 4.78 is 33.6. The second kappa shape index (κ2) is 9.15. The maximum atomic E-state index is 13.6. The molecule has 1 atom stereocenters. The van der Waals surface area contributed by atoms with E-state index in [4.69, 9.17) is 10.5 Å². The van der Waals surface area contributed by atoms with E-state index < -0.39 is 17.7 Å². The number of ether oxygens (including phenoxy) is 1. The molecule has 160 valence electrons. The van der Waals surface area contributed by atoms with Gasteiger partial charge in [0.1, 0.15) is 17.5 Å². The molecule has 0 aliphatic rings. The van der Waals surface area contributed by atoms with Gasteiger partial charge in [0.15, 0.2) is 5.65 Å². The highest BCUT2D eigenvalue weighted by atomic mass is 35.5. The van der Waals surface area contributed by atoms with E-state index in [2.05, 4.69) is 15.0 Å². The lowest BCUT2D eigenvalue weighted by atomic mass is 10.0. The zero-order valence-corrected chi connectivity index (χ0v) is 17.1. The molecule has 0 amide bonds. The molecule has 0 aliphatic heterocycles. The van der Waals surface area contributed by atoms with Gasteiger partial charge < -0.3 is 10.5 Å². The minimum Gasteiger partial charge on any atom is -0.481 e. The first kappa shape index (κ1) is 22.3. The number of fused-ring (bicyclic) bond motifs is 1. The molecule has 7 nitrogen and oxygen atoms in total. The molecule has 0 aliphatic carbocycles. The van der Waals surface area contributed by atoms with E-state index in [1.54, 1.807) is 24.3 Å². The Morgan fingerprint density at radius 2 is 1.87 bits per heavy atom. The van der Waals surface area contributed by atoms with Crippen LogP contribution < -0.4 is 16.0 Å². The summed E-state index contributed by atoms with van der Waals surface area (Å²) in [6.07, 6.45) is 3.04. The topological polar surface area (TPSA) is 95.9 Å². The average molecular weight is 446 g/mol. The molecule has 2 N–H and O–H groups in total. The van der Waals surface area contributed by atoms with E-state index in [0.29, 0.717) is 22.5 Å². The van der Waals surface area contributed by atoms with Crippen LogP contribution >= 0.6 is 12.4 Å². The summed E-state index contributed by atoms with van der Waals surface area (Å²) in [7, 11) is 1.48. The third-order valence-corrected chi connectivity index (χ3v) is 4.57. The van der Waals surface area contributed by atoms with Crippen LogP contribution in [0.2, 0.25) is 0 Å². The number of aromatic nitrogens is 4. The van der Waals surface area contributed by atoms with Crippen LogP contribution in [0.1, 0.15) is 17.4 Å². The standard InChI is InChI=1S/C21H17F2N5O2.ClH/c1-30-18-5-4-15(11-26-18)28-20(27-19-16(21(28)29)3-2-6-25-19)17(24)9-12-7-13(22)10-14(23)8-12;/h2-8,10-11,17H,9,24H2,1H3;1H. The quantitative estimate of drug-likeness (QED) is 0.507. The molecule has 1 unspecified atom stereocenters. The van der Waals surface area contributed by atoms with Gasteiger partial charge in [-0.15, -0.1) is 12.4 Å². The first-order valence-electron chi connectivity index (χ1n) is 9.05. The highest BCUT2D eigenvalue weighted by Gasteiger charge is 2.20. The first-order valence-corrected chi connectivity index (χ1v) is 9.05. The summed E-state index contributed by atoms with van der Waals surface area (Å²) >= 11 is 0. The number of hydrogen-bond acceptors (Lipinski definition) is 6. The molecule has 0 saturated heterocycles. The van der Waals surface area contributed by atoms with Crippen molar-refractivity contribution in [2.45, 2.75) is 12.5 Å². The molecule has 4 aromatic rings. The second-order valence-electron chi connectivity index (χ2n) is 6.63. The lowest BCUT2D eigenvalue weighted by molar-refractivity contribution is 0.397. The highest BCUT2D eigenvalue weighted by Crippen LogP contribution is 2.21. The van der Waals surface area contributed by atoms with E-state index in [1.165, 1.54) is 36.2 Å².